The Kier molecular flexibility index (Phi) is 4.73. The van der Waals surface area contributed by atoms with Gasteiger partial charge in [-0.05, 0) is 38.5 Å². The summed E-state index contributed by atoms with van der Waals surface area (Å²) < 4.78 is 5.10. The lowest BCUT2D eigenvalue weighted by atomic mass is 9.92. The molecule has 4 nitrogen and oxygen atoms in total. The molecule has 1 atom stereocenters. The van der Waals surface area contributed by atoms with Crippen molar-refractivity contribution in [3.63, 3.8) is 0 Å². The third kappa shape index (κ3) is 3.47. The van der Waals surface area contributed by atoms with Crippen molar-refractivity contribution in [2.24, 2.45) is 11.1 Å². The summed E-state index contributed by atoms with van der Waals surface area (Å²) in [5, 5.41) is 2.97. The quantitative estimate of drug-likeness (QED) is 0.838. The zero-order valence-corrected chi connectivity index (χ0v) is 11.5. The van der Waals surface area contributed by atoms with Crippen molar-refractivity contribution in [2.45, 2.75) is 26.8 Å². The molecule has 0 radical (unpaired) electrons. The number of nitrogens with one attached hydrogen (secondary N) is 1. The second-order valence-corrected chi connectivity index (χ2v) is 5.06. The fraction of sp³-hybridized carbons (Fsp3) is 0.500. The van der Waals surface area contributed by atoms with Gasteiger partial charge in [0.1, 0.15) is 5.75 Å². The van der Waals surface area contributed by atoms with Crippen LogP contribution >= 0.6 is 0 Å². The zero-order chi connectivity index (χ0) is 13.8. The summed E-state index contributed by atoms with van der Waals surface area (Å²) in [6.45, 7) is 5.95. The molecule has 100 valence electrons. The highest BCUT2D eigenvalue weighted by molar-refractivity contribution is 5.82. The molecule has 4 heteroatoms. The van der Waals surface area contributed by atoms with E-state index >= 15 is 0 Å². The number of carbonyl (C=O) groups excluding carboxylic acids is 1. The van der Waals surface area contributed by atoms with E-state index < -0.39 is 5.41 Å². The SMILES string of the molecule is COc1ccc(C(C)NC(=O)C(C)(C)CN)cc1. The van der Waals surface area contributed by atoms with Crippen molar-refractivity contribution in [2.75, 3.05) is 13.7 Å². The first kappa shape index (κ1) is 14.5. The molecule has 0 heterocycles. The molecular weight excluding hydrogens is 228 g/mol. The Morgan fingerprint density at radius 3 is 2.39 bits per heavy atom. The van der Waals surface area contributed by atoms with Crippen molar-refractivity contribution in [1.29, 1.82) is 0 Å². The van der Waals surface area contributed by atoms with E-state index in [0.717, 1.165) is 11.3 Å². The summed E-state index contributed by atoms with van der Waals surface area (Å²) in [5.41, 5.74) is 6.08. The second-order valence-electron chi connectivity index (χ2n) is 5.06. The first-order valence-corrected chi connectivity index (χ1v) is 6.05. The molecule has 0 aliphatic rings. The van der Waals surface area contributed by atoms with Crippen LogP contribution in [-0.4, -0.2) is 19.6 Å². The number of hydrogen-bond acceptors (Lipinski definition) is 3. The molecule has 1 amide bonds. The van der Waals surface area contributed by atoms with Crippen LogP contribution in [0.5, 0.6) is 5.75 Å². The van der Waals surface area contributed by atoms with Crippen LogP contribution in [0.1, 0.15) is 32.4 Å². The average Bonchev–Trinajstić information content (AvgIpc) is 2.38. The van der Waals surface area contributed by atoms with Gasteiger partial charge in [-0.2, -0.15) is 0 Å². The van der Waals surface area contributed by atoms with E-state index in [-0.39, 0.29) is 11.9 Å². The topological polar surface area (TPSA) is 64.3 Å². The number of rotatable bonds is 5. The third-order valence-electron chi connectivity index (χ3n) is 3.09. The molecule has 0 fully saturated rings. The molecule has 1 aromatic carbocycles. The highest BCUT2D eigenvalue weighted by atomic mass is 16.5. The maximum absolute atomic E-state index is 12.0. The van der Waals surface area contributed by atoms with Crippen LogP contribution in [0.4, 0.5) is 0 Å². The van der Waals surface area contributed by atoms with Crippen LogP contribution in [0.2, 0.25) is 0 Å². The van der Waals surface area contributed by atoms with Gasteiger partial charge in [0.05, 0.1) is 18.6 Å². The van der Waals surface area contributed by atoms with Gasteiger partial charge in [-0.1, -0.05) is 12.1 Å². The van der Waals surface area contributed by atoms with Crippen molar-refractivity contribution in [3.05, 3.63) is 29.8 Å². The van der Waals surface area contributed by atoms with Crippen LogP contribution in [-0.2, 0) is 4.79 Å². The van der Waals surface area contributed by atoms with Crippen LogP contribution < -0.4 is 15.8 Å². The molecule has 0 saturated heterocycles. The fourth-order valence-electron chi connectivity index (χ4n) is 1.46. The molecule has 1 rings (SSSR count). The van der Waals surface area contributed by atoms with E-state index in [2.05, 4.69) is 5.32 Å². The summed E-state index contributed by atoms with van der Waals surface area (Å²) in [4.78, 5) is 12.0. The van der Waals surface area contributed by atoms with E-state index in [1.54, 1.807) is 7.11 Å². The van der Waals surface area contributed by atoms with E-state index in [1.165, 1.54) is 0 Å². The molecule has 0 aromatic heterocycles. The number of amides is 1. The number of methoxy groups -OCH3 is 1. The molecule has 0 spiro atoms. The van der Waals surface area contributed by atoms with Crippen LogP contribution in [0, 0.1) is 5.41 Å². The van der Waals surface area contributed by atoms with Gasteiger partial charge < -0.3 is 15.8 Å². The fourth-order valence-corrected chi connectivity index (χ4v) is 1.46. The standard InChI is InChI=1S/C14H22N2O2/c1-10(16-13(17)14(2,3)9-15)11-5-7-12(18-4)8-6-11/h5-8,10H,9,15H2,1-4H3,(H,16,17). The molecule has 3 N–H and O–H groups in total. The van der Waals surface area contributed by atoms with Gasteiger partial charge in [0.2, 0.25) is 5.91 Å². The summed E-state index contributed by atoms with van der Waals surface area (Å²) in [7, 11) is 1.63. The van der Waals surface area contributed by atoms with E-state index in [9.17, 15) is 4.79 Å². The minimum absolute atomic E-state index is 0.0340. The summed E-state index contributed by atoms with van der Waals surface area (Å²) >= 11 is 0. The maximum Gasteiger partial charge on any atom is 0.227 e. The van der Waals surface area contributed by atoms with Gasteiger partial charge in [-0.25, -0.2) is 0 Å². The van der Waals surface area contributed by atoms with Crippen LogP contribution in [0.3, 0.4) is 0 Å². The van der Waals surface area contributed by atoms with Gasteiger partial charge in [-0.3, -0.25) is 4.79 Å². The lowest BCUT2D eigenvalue weighted by molar-refractivity contribution is -0.129. The summed E-state index contributed by atoms with van der Waals surface area (Å²) in [6, 6.07) is 7.60. The molecule has 0 aliphatic heterocycles. The second kappa shape index (κ2) is 5.87. The number of benzene rings is 1. The van der Waals surface area contributed by atoms with Gasteiger partial charge in [0, 0.05) is 6.54 Å². The smallest absolute Gasteiger partial charge is 0.227 e. The highest BCUT2D eigenvalue weighted by Crippen LogP contribution is 2.19. The molecule has 0 saturated carbocycles. The van der Waals surface area contributed by atoms with Crippen molar-refractivity contribution in [3.8, 4) is 5.75 Å². The molecule has 1 unspecified atom stereocenters. The molecule has 18 heavy (non-hydrogen) atoms. The maximum atomic E-state index is 12.0. The molecular formula is C14H22N2O2. The van der Waals surface area contributed by atoms with Crippen molar-refractivity contribution in [1.82, 2.24) is 5.32 Å². The first-order chi connectivity index (χ1) is 8.40. The normalized spacial score (nSPS) is 12.9. The van der Waals surface area contributed by atoms with Gasteiger partial charge in [0.25, 0.3) is 0 Å². The number of carbonyl (C=O) groups is 1. The van der Waals surface area contributed by atoms with Gasteiger partial charge >= 0.3 is 0 Å². The lowest BCUT2D eigenvalue weighted by Crippen LogP contribution is -2.42. The van der Waals surface area contributed by atoms with Crippen molar-refractivity contribution < 1.29 is 9.53 Å². The predicted octanol–water partition coefficient (Wildman–Crippen LogP) is 1.86. The van der Waals surface area contributed by atoms with Gasteiger partial charge in [0.15, 0.2) is 0 Å². The summed E-state index contributed by atoms with van der Waals surface area (Å²) in [6.07, 6.45) is 0. The largest absolute Gasteiger partial charge is 0.497 e. The highest BCUT2D eigenvalue weighted by Gasteiger charge is 2.26. The number of nitrogens with two attached hydrogens (primary N) is 1. The first-order valence-electron chi connectivity index (χ1n) is 6.05. The Morgan fingerprint density at radius 1 is 1.39 bits per heavy atom. The average molecular weight is 250 g/mol. The Balaban J connectivity index is 2.70. The Morgan fingerprint density at radius 2 is 1.94 bits per heavy atom. The Bertz CT molecular complexity index is 399. The van der Waals surface area contributed by atoms with Crippen LogP contribution in [0.15, 0.2) is 24.3 Å². The summed E-state index contributed by atoms with van der Waals surface area (Å²) in [5.74, 6) is 0.771. The van der Waals surface area contributed by atoms with Crippen molar-refractivity contribution >= 4 is 5.91 Å². The van der Waals surface area contributed by atoms with E-state index in [1.807, 2.05) is 45.0 Å². The lowest BCUT2D eigenvalue weighted by Gasteiger charge is -2.24. The minimum atomic E-state index is -0.541. The molecule has 0 bridgehead atoms. The minimum Gasteiger partial charge on any atom is -0.497 e. The third-order valence-corrected chi connectivity index (χ3v) is 3.09. The molecule has 1 aromatic rings. The molecule has 0 aliphatic carbocycles. The number of hydrogen-bond donors (Lipinski definition) is 2. The number of ether oxygens (including phenoxy) is 1. The predicted molar refractivity (Wildman–Crippen MR) is 72.4 cm³/mol. The van der Waals surface area contributed by atoms with E-state index in [4.69, 9.17) is 10.5 Å². The Labute approximate surface area is 109 Å². The van der Waals surface area contributed by atoms with E-state index in [0.29, 0.717) is 6.54 Å². The zero-order valence-electron chi connectivity index (χ0n) is 11.5. The monoisotopic (exact) mass is 250 g/mol. The Hall–Kier alpha value is -1.55. The van der Waals surface area contributed by atoms with Gasteiger partial charge in [-0.15, -0.1) is 0 Å². The van der Waals surface area contributed by atoms with Crippen LogP contribution in [0.25, 0.3) is 0 Å².